The monoisotopic (exact) mass is 340 g/mol. The van der Waals surface area contributed by atoms with E-state index >= 15 is 0 Å². The van der Waals surface area contributed by atoms with Gasteiger partial charge in [0.2, 0.25) is 0 Å². The number of methoxy groups -OCH3 is 1. The summed E-state index contributed by atoms with van der Waals surface area (Å²) in [7, 11) is 1.58. The van der Waals surface area contributed by atoms with Crippen LogP contribution in [0.4, 0.5) is 5.69 Å². The van der Waals surface area contributed by atoms with Crippen LogP contribution >= 0.6 is 11.6 Å². The Bertz CT molecular complexity index is 938. The number of halogens is 1. The summed E-state index contributed by atoms with van der Waals surface area (Å²) in [6.45, 7) is 3.99. The maximum atomic E-state index is 12.6. The summed E-state index contributed by atoms with van der Waals surface area (Å²) in [4.78, 5) is 17.0. The number of nitrogens with zero attached hydrogens (tertiary/aromatic N) is 1. The normalized spacial score (nSPS) is 10.7. The fourth-order valence-electron chi connectivity index (χ4n) is 2.69. The third-order valence-electron chi connectivity index (χ3n) is 3.78. The number of carbonyl (C=O) groups is 1. The summed E-state index contributed by atoms with van der Waals surface area (Å²) in [5, 5.41) is 3.91. The molecule has 4 nitrogen and oxygen atoms in total. The number of hydrogen-bond acceptors (Lipinski definition) is 3. The molecule has 0 bridgehead atoms. The van der Waals surface area contributed by atoms with Gasteiger partial charge in [0.05, 0.1) is 18.2 Å². The van der Waals surface area contributed by atoms with Crippen molar-refractivity contribution >= 4 is 34.1 Å². The zero-order valence-electron chi connectivity index (χ0n) is 13.7. The van der Waals surface area contributed by atoms with Gasteiger partial charge in [-0.05, 0) is 43.7 Å². The minimum absolute atomic E-state index is 0.190. The smallest absolute Gasteiger partial charge is 0.258 e. The quantitative estimate of drug-likeness (QED) is 0.699. The number of nitrogens with one attached hydrogen (secondary N) is 1. The van der Waals surface area contributed by atoms with Crippen LogP contribution in [0.1, 0.15) is 21.5 Å². The van der Waals surface area contributed by atoms with E-state index in [1.807, 2.05) is 32.0 Å². The lowest BCUT2D eigenvalue weighted by Crippen LogP contribution is -2.13. The first kappa shape index (κ1) is 16.3. The van der Waals surface area contributed by atoms with Gasteiger partial charge < -0.3 is 10.1 Å². The molecule has 3 rings (SSSR count). The van der Waals surface area contributed by atoms with Gasteiger partial charge >= 0.3 is 0 Å². The highest BCUT2D eigenvalue weighted by molar-refractivity contribution is 6.33. The number of hydrogen-bond donors (Lipinski definition) is 1. The Morgan fingerprint density at radius 1 is 1.17 bits per heavy atom. The Hall–Kier alpha value is -2.59. The lowest BCUT2D eigenvalue weighted by Gasteiger charge is -2.10. The van der Waals surface area contributed by atoms with Crippen LogP contribution in [0.3, 0.4) is 0 Å². The van der Waals surface area contributed by atoms with E-state index < -0.39 is 0 Å². The highest BCUT2D eigenvalue weighted by Crippen LogP contribution is 2.25. The highest BCUT2D eigenvalue weighted by atomic mass is 35.5. The van der Waals surface area contributed by atoms with Gasteiger partial charge in [-0.15, -0.1) is 0 Å². The Morgan fingerprint density at radius 3 is 2.71 bits per heavy atom. The second-order valence-electron chi connectivity index (χ2n) is 5.67. The average molecular weight is 341 g/mol. The van der Waals surface area contributed by atoms with Crippen molar-refractivity contribution < 1.29 is 9.53 Å². The number of benzene rings is 2. The Labute approximate surface area is 145 Å². The highest BCUT2D eigenvalue weighted by Gasteiger charge is 2.15. The maximum Gasteiger partial charge on any atom is 0.258 e. The van der Waals surface area contributed by atoms with Gasteiger partial charge in [0.1, 0.15) is 10.9 Å². The van der Waals surface area contributed by atoms with Gasteiger partial charge in [0, 0.05) is 17.1 Å². The van der Waals surface area contributed by atoms with Gasteiger partial charge in [-0.25, -0.2) is 4.98 Å². The number of aromatic nitrogens is 1. The van der Waals surface area contributed by atoms with Crippen LogP contribution in [0.25, 0.3) is 10.9 Å². The van der Waals surface area contributed by atoms with Crippen molar-refractivity contribution in [1.29, 1.82) is 0 Å². The second kappa shape index (κ2) is 6.49. The summed E-state index contributed by atoms with van der Waals surface area (Å²) < 4.78 is 5.16. The number of rotatable bonds is 3. The summed E-state index contributed by atoms with van der Waals surface area (Å²) in [6, 6.07) is 13.0. The fourth-order valence-corrected chi connectivity index (χ4v) is 2.91. The maximum absolute atomic E-state index is 12.6. The van der Waals surface area contributed by atoms with Crippen molar-refractivity contribution in [3.63, 3.8) is 0 Å². The zero-order chi connectivity index (χ0) is 17.3. The molecule has 122 valence electrons. The van der Waals surface area contributed by atoms with Crippen molar-refractivity contribution in [3.05, 3.63) is 64.3 Å². The number of anilines is 1. The van der Waals surface area contributed by atoms with E-state index in [0.29, 0.717) is 17.0 Å². The molecule has 0 aliphatic rings. The number of amides is 1. The van der Waals surface area contributed by atoms with E-state index in [4.69, 9.17) is 16.3 Å². The second-order valence-corrected chi connectivity index (χ2v) is 6.02. The molecule has 1 amide bonds. The Morgan fingerprint density at radius 2 is 1.96 bits per heavy atom. The molecule has 1 aromatic heterocycles. The molecule has 2 aromatic carbocycles. The molecule has 0 aliphatic carbocycles. The summed E-state index contributed by atoms with van der Waals surface area (Å²) in [6.07, 6.45) is 0. The van der Waals surface area contributed by atoms with E-state index in [0.717, 1.165) is 22.0 Å². The molecule has 1 heterocycles. The molecule has 1 N–H and O–H groups in total. The van der Waals surface area contributed by atoms with Crippen LogP contribution in [0.2, 0.25) is 5.15 Å². The molecule has 24 heavy (non-hydrogen) atoms. The first-order valence-electron chi connectivity index (χ1n) is 7.51. The van der Waals surface area contributed by atoms with Gasteiger partial charge in [-0.3, -0.25) is 4.79 Å². The van der Waals surface area contributed by atoms with Gasteiger partial charge in [-0.2, -0.15) is 0 Å². The molecular formula is C19H17ClN2O2. The number of aryl methyl sites for hydroxylation is 2. The van der Waals surface area contributed by atoms with E-state index in [9.17, 15) is 4.79 Å². The van der Waals surface area contributed by atoms with Gasteiger partial charge in [0.15, 0.2) is 0 Å². The van der Waals surface area contributed by atoms with Crippen LogP contribution in [0.15, 0.2) is 42.5 Å². The molecule has 3 aromatic rings. The summed E-state index contributed by atoms with van der Waals surface area (Å²) >= 11 is 6.24. The van der Waals surface area contributed by atoms with E-state index in [1.54, 1.807) is 31.4 Å². The van der Waals surface area contributed by atoms with Crippen molar-refractivity contribution in [2.45, 2.75) is 13.8 Å². The minimum atomic E-state index is -0.304. The van der Waals surface area contributed by atoms with Crippen molar-refractivity contribution in [2.75, 3.05) is 12.4 Å². The lowest BCUT2D eigenvalue weighted by molar-refractivity contribution is 0.102. The predicted octanol–water partition coefficient (Wildman–Crippen LogP) is 4.77. The van der Waals surface area contributed by atoms with Crippen LogP contribution in [-0.4, -0.2) is 18.0 Å². The van der Waals surface area contributed by atoms with Gasteiger partial charge in [-0.1, -0.05) is 29.3 Å². The van der Waals surface area contributed by atoms with Crippen molar-refractivity contribution in [2.24, 2.45) is 0 Å². The third-order valence-corrected chi connectivity index (χ3v) is 4.07. The topological polar surface area (TPSA) is 51.2 Å². The van der Waals surface area contributed by atoms with Crippen molar-refractivity contribution in [3.8, 4) is 5.75 Å². The predicted molar refractivity (Wildman–Crippen MR) is 97.2 cm³/mol. The Kier molecular flexibility index (Phi) is 4.40. The van der Waals surface area contributed by atoms with Gasteiger partial charge in [0.25, 0.3) is 5.91 Å². The largest absolute Gasteiger partial charge is 0.497 e. The minimum Gasteiger partial charge on any atom is -0.497 e. The van der Waals surface area contributed by atoms with E-state index in [-0.39, 0.29) is 11.1 Å². The van der Waals surface area contributed by atoms with Crippen molar-refractivity contribution in [1.82, 2.24) is 4.98 Å². The number of fused-ring (bicyclic) bond motifs is 1. The van der Waals surface area contributed by atoms with Crippen LogP contribution < -0.4 is 10.1 Å². The average Bonchev–Trinajstić information content (AvgIpc) is 2.55. The third kappa shape index (κ3) is 3.19. The molecule has 0 saturated carbocycles. The van der Waals surface area contributed by atoms with E-state index in [1.165, 1.54) is 0 Å². The summed E-state index contributed by atoms with van der Waals surface area (Å²) in [5.41, 5.74) is 3.94. The molecule has 5 heteroatoms. The summed E-state index contributed by atoms with van der Waals surface area (Å²) in [5.74, 6) is 0.364. The number of ether oxygens (including phenoxy) is 1. The molecule has 0 fully saturated rings. The van der Waals surface area contributed by atoms with Crippen LogP contribution in [-0.2, 0) is 0 Å². The standard InChI is InChI=1S/C19H17ClN2O2/c1-11-7-12(2)17-13(8-11)9-16(18(20)22-17)19(23)21-14-5-4-6-15(10-14)24-3/h4-10H,1-3H3,(H,21,23). The Balaban J connectivity index is 1.98. The first-order valence-corrected chi connectivity index (χ1v) is 7.88. The van der Waals surface area contributed by atoms with Crippen LogP contribution in [0, 0.1) is 13.8 Å². The number of pyridine rings is 1. The van der Waals surface area contributed by atoms with E-state index in [2.05, 4.69) is 10.3 Å². The zero-order valence-corrected chi connectivity index (χ0v) is 14.4. The molecule has 0 saturated heterocycles. The SMILES string of the molecule is COc1cccc(NC(=O)c2cc3cc(C)cc(C)c3nc2Cl)c1. The van der Waals surface area contributed by atoms with Crippen LogP contribution in [0.5, 0.6) is 5.75 Å². The molecular weight excluding hydrogens is 324 g/mol. The first-order chi connectivity index (χ1) is 11.5. The number of carbonyl (C=O) groups excluding carboxylic acids is 1. The molecule has 0 unspecified atom stereocenters. The fraction of sp³-hybridized carbons (Fsp3) is 0.158. The molecule has 0 spiro atoms. The molecule has 0 atom stereocenters. The molecule has 0 aliphatic heterocycles. The molecule has 0 radical (unpaired) electrons. The lowest BCUT2D eigenvalue weighted by atomic mass is 10.1.